The Morgan fingerprint density at radius 2 is 2.24 bits per heavy atom. The van der Waals surface area contributed by atoms with Gasteiger partial charge < -0.3 is 9.84 Å². The number of hydrogen-bond acceptors (Lipinski definition) is 3. The lowest BCUT2D eigenvalue weighted by molar-refractivity contribution is -0.117. The Morgan fingerprint density at radius 3 is 2.94 bits per heavy atom. The highest BCUT2D eigenvalue weighted by Crippen LogP contribution is 2.29. The fraction of sp³-hybridized carbons (Fsp3) is 0.357. The molecule has 0 bridgehead atoms. The van der Waals surface area contributed by atoms with Gasteiger partial charge in [-0.2, -0.15) is 0 Å². The maximum absolute atomic E-state index is 11.7. The van der Waals surface area contributed by atoms with Gasteiger partial charge in [0.25, 0.3) is 0 Å². The number of hydrogen-bond donors (Lipinski definition) is 1. The first-order chi connectivity index (χ1) is 8.22. The highest BCUT2D eigenvalue weighted by Gasteiger charge is 2.22. The molecule has 1 unspecified atom stereocenters. The highest BCUT2D eigenvalue weighted by atomic mass is 16.5. The monoisotopic (exact) mass is 232 g/mol. The van der Waals surface area contributed by atoms with E-state index < -0.39 is 6.10 Å². The molecule has 0 radical (unpaired) electrons. The Morgan fingerprint density at radius 1 is 1.41 bits per heavy atom. The van der Waals surface area contributed by atoms with Crippen molar-refractivity contribution in [1.82, 2.24) is 0 Å². The summed E-state index contributed by atoms with van der Waals surface area (Å²) in [4.78, 5) is 11.7. The van der Waals surface area contributed by atoms with E-state index in [1.54, 1.807) is 19.2 Å². The number of aliphatic hydroxyl groups is 1. The van der Waals surface area contributed by atoms with Gasteiger partial charge in [-0.15, -0.1) is 0 Å². The summed E-state index contributed by atoms with van der Waals surface area (Å²) < 4.78 is 5.10. The van der Waals surface area contributed by atoms with Crippen LogP contribution < -0.4 is 4.74 Å². The number of ketones is 1. The van der Waals surface area contributed by atoms with E-state index >= 15 is 0 Å². The third-order valence-electron chi connectivity index (χ3n) is 3.00. The molecule has 0 aromatic heterocycles. The Balaban J connectivity index is 2.26. The molecule has 0 fully saturated rings. The molecule has 2 rings (SSSR count). The predicted octanol–water partition coefficient (Wildman–Crippen LogP) is 2.41. The molecule has 3 heteroatoms. The summed E-state index contributed by atoms with van der Waals surface area (Å²) in [6.07, 6.45) is 3.29. The van der Waals surface area contributed by atoms with Crippen LogP contribution in [0.4, 0.5) is 0 Å². The second-order valence-corrected chi connectivity index (χ2v) is 4.15. The molecular weight excluding hydrogens is 216 g/mol. The fourth-order valence-corrected chi connectivity index (χ4v) is 2.03. The summed E-state index contributed by atoms with van der Waals surface area (Å²) in [5.41, 5.74) is 1.22. The van der Waals surface area contributed by atoms with Crippen LogP contribution in [0.25, 0.3) is 0 Å². The van der Waals surface area contributed by atoms with Crippen molar-refractivity contribution in [3.63, 3.8) is 0 Å². The normalized spacial score (nSPS) is 17.5. The number of allylic oxidation sites excluding steroid dienone is 1. The topological polar surface area (TPSA) is 46.5 Å². The van der Waals surface area contributed by atoms with Gasteiger partial charge in [-0.1, -0.05) is 18.2 Å². The van der Waals surface area contributed by atoms with Crippen LogP contribution in [0.2, 0.25) is 0 Å². The van der Waals surface area contributed by atoms with Gasteiger partial charge in [0.05, 0.1) is 7.11 Å². The van der Waals surface area contributed by atoms with Gasteiger partial charge in [-0.05, 0) is 30.5 Å². The summed E-state index contributed by atoms with van der Waals surface area (Å²) in [6.45, 7) is 0. The standard InChI is InChI=1S/C14H16O3/c1-17-11-6-4-5-10(9-11)14(16)12-7-2-3-8-13(12)15/h4-7,9,14,16H,2-3,8H2,1H3. The summed E-state index contributed by atoms with van der Waals surface area (Å²) in [6, 6.07) is 7.18. The van der Waals surface area contributed by atoms with E-state index in [0.29, 0.717) is 23.3 Å². The maximum Gasteiger partial charge on any atom is 0.161 e. The smallest absolute Gasteiger partial charge is 0.161 e. The first-order valence-corrected chi connectivity index (χ1v) is 5.77. The van der Waals surface area contributed by atoms with Crippen LogP contribution in [0.15, 0.2) is 35.9 Å². The molecule has 1 aromatic carbocycles. The summed E-state index contributed by atoms with van der Waals surface area (Å²) >= 11 is 0. The molecular formula is C14H16O3. The first kappa shape index (κ1) is 11.9. The average Bonchev–Trinajstić information content (AvgIpc) is 2.38. The molecule has 0 saturated heterocycles. The SMILES string of the molecule is COc1cccc(C(O)C2=CCCCC2=O)c1. The van der Waals surface area contributed by atoms with Crippen molar-refractivity contribution in [3.8, 4) is 5.75 Å². The van der Waals surface area contributed by atoms with Crippen molar-refractivity contribution >= 4 is 5.78 Å². The summed E-state index contributed by atoms with van der Waals surface area (Å²) in [5, 5.41) is 10.2. The molecule has 1 aromatic rings. The zero-order valence-electron chi connectivity index (χ0n) is 9.85. The van der Waals surface area contributed by atoms with E-state index in [4.69, 9.17) is 4.74 Å². The Kier molecular flexibility index (Phi) is 3.59. The Hall–Kier alpha value is -1.61. The Bertz CT molecular complexity index is 449. The van der Waals surface area contributed by atoms with E-state index in [1.807, 2.05) is 18.2 Å². The van der Waals surface area contributed by atoms with Crippen LogP contribution in [0.5, 0.6) is 5.75 Å². The van der Waals surface area contributed by atoms with Gasteiger partial charge in [-0.3, -0.25) is 4.79 Å². The minimum absolute atomic E-state index is 0.0477. The first-order valence-electron chi connectivity index (χ1n) is 5.77. The van der Waals surface area contributed by atoms with Crippen LogP contribution in [0.1, 0.15) is 30.9 Å². The second kappa shape index (κ2) is 5.15. The van der Waals surface area contributed by atoms with Gasteiger partial charge in [0.15, 0.2) is 5.78 Å². The minimum Gasteiger partial charge on any atom is -0.497 e. The van der Waals surface area contributed by atoms with Gasteiger partial charge in [0.1, 0.15) is 11.9 Å². The fourth-order valence-electron chi connectivity index (χ4n) is 2.03. The number of rotatable bonds is 3. The van der Waals surface area contributed by atoms with Crippen LogP contribution in [0.3, 0.4) is 0 Å². The van der Waals surface area contributed by atoms with Crippen LogP contribution in [-0.4, -0.2) is 18.0 Å². The number of aliphatic hydroxyl groups excluding tert-OH is 1. The van der Waals surface area contributed by atoms with E-state index in [9.17, 15) is 9.90 Å². The molecule has 17 heavy (non-hydrogen) atoms. The zero-order chi connectivity index (χ0) is 12.3. The van der Waals surface area contributed by atoms with Crippen molar-refractivity contribution < 1.29 is 14.6 Å². The van der Waals surface area contributed by atoms with E-state index in [-0.39, 0.29) is 5.78 Å². The largest absolute Gasteiger partial charge is 0.497 e. The number of carbonyl (C=O) groups excluding carboxylic acids is 1. The van der Waals surface area contributed by atoms with Gasteiger partial charge >= 0.3 is 0 Å². The molecule has 1 aliphatic rings. The number of methoxy groups -OCH3 is 1. The molecule has 0 heterocycles. The summed E-state index contributed by atoms with van der Waals surface area (Å²) in [5.74, 6) is 0.733. The average molecular weight is 232 g/mol. The molecule has 0 saturated carbocycles. The molecule has 1 aliphatic carbocycles. The maximum atomic E-state index is 11.7. The van der Waals surface area contributed by atoms with Crippen LogP contribution in [0, 0.1) is 0 Å². The lowest BCUT2D eigenvalue weighted by Gasteiger charge is -2.18. The molecule has 0 aliphatic heterocycles. The molecule has 3 nitrogen and oxygen atoms in total. The van der Waals surface area contributed by atoms with Crippen LogP contribution in [-0.2, 0) is 4.79 Å². The lowest BCUT2D eigenvalue weighted by atomic mass is 9.90. The lowest BCUT2D eigenvalue weighted by Crippen LogP contribution is -2.14. The molecule has 0 spiro atoms. The van der Waals surface area contributed by atoms with Crippen LogP contribution >= 0.6 is 0 Å². The van der Waals surface area contributed by atoms with Crippen molar-refractivity contribution in [2.45, 2.75) is 25.4 Å². The number of benzene rings is 1. The minimum atomic E-state index is -0.835. The van der Waals surface area contributed by atoms with Gasteiger partial charge in [0.2, 0.25) is 0 Å². The number of carbonyl (C=O) groups is 1. The van der Waals surface area contributed by atoms with E-state index in [1.165, 1.54) is 0 Å². The number of ether oxygens (including phenoxy) is 1. The molecule has 90 valence electrons. The third-order valence-corrected chi connectivity index (χ3v) is 3.00. The van der Waals surface area contributed by atoms with Crippen molar-refractivity contribution in [3.05, 3.63) is 41.5 Å². The number of Topliss-reactive ketones (excluding diaryl/α,β-unsaturated/α-hetero) is 1. The molecule has 0 amide bonds. The third kappa shape index (κ3) is 2.56. The quantitative estimate of drug-likeness (QED) is 0.870. The van der Waals surface area contributed by atoms with Gasteiger partial charge in [-0.25, -0.2) is 0 Å². The highest BCUT2D eigenvalue weighted by molar-refractivity contribution is 5.97. The van der Waals surface area contributed by atoms with Crippen molar-refractivity contribution in [1.29, 1.82) is 0 Å². The van der Waals surface area contributed by atoms with E-state index in [0.717, 1.165) is 12.8 Å². The predicted molar refractivity (Wildman–Crippen MR) is 64.9 cm³/mol. The van der Waals surface area contributed by atoms with Crippen molar-refractivity contribution in [2.75, 3.05) is 7.11 Å². The van der Waals surface area contributed by atoms with E-state index in [2.05, 4.69) is 0 Å². The van der Waals surface area contributed by atoms with Gasteiger partial charge in [0, 0.05) is 12.0 Å². The van der Waals surface area contributed by atoms with Crippen molar-refractivity contribution in [2.24, 2.45) is 0 Å². The zero-order valence-corrected chi connectivity index (χ0v) is 9.85. The Labute approximate surface area is 101 Å². The molecule has 1 N–H and O–H groups in total. The second-order valence-electron chi connectivity index (χ2n) is 4.15. The molecule has 1 atom stereocenters. The summed E-state index contributed by atoms with van der Waals surface area (Å²) in [7, 11) is 1.58.